The molecule has 0 aromatic carbocycles. The van der Waals surface area contributed by atoms with E-state index in [1.54, 1.807) is 4.98 Å². The maximum atomic E-state index is 10.6. The van der Waals surface area contributed by atoms with Crippen LogP contribution in [-0.2, 0) is 0 Å². The third-order valence-corrected chi connectivity index (χ3v) is 1.01. The molecule has 1 aromatic heterocycles. The smallest absolute Gasteiger partial charge is 0.328 e. The van der Waals surface area contributed by atoms with Gasteiger partial charge in [0.2, 0.25) is 11.6 Å². The molecule has 0 aliphatic heterocycles. The van der Waals surface area contributed by atoms with Crippen molar-refractivity contribution >= 4 is 5.69 Å². The fraction of sp³-hybridized carbons (Fsp3) is 0. The van der Waals surface area contributed by atoms with Crippen molar-refractivity contribution in [2.75, 3.05) is 0 Å². The van der Waals surface area contributed by atoms with E-state index in [4.69, 9.17) is 10.6 Å². The number of rotatable bonds is 1. The number of aromatic hydroxyl groups is 1. The fourth-order valence-electron chi connectivity index (χ4n) is 0.572. The Kier molecular flexibility index (Phi) is 1.55. The molecule has 0 amide bonds. The molecule has 0 aliphatic rings. The molecule has 0 unspecified atom stereocenters. The summed E-state index contributed by atoms with van der Waals surface area (Å²) in [5.74, 6) is -0.700. The van der Waals surface area contributed by atoms with E-state index in [0.29, 0.717) is 0 Å². The average Bonchev–Trinajstić information content (AvgIpc) is 1.85. The van der Waals surface area contributed by atoms with E-state index in [1.165, 1.54) is 0 Å². The first kappa shape index (κ1) is 7.19. The van der Waals surface area contributed by atoms with E-state index < -0.39 is 22.8 Å². The van der Waals surface area contributed by atoms with Gasteiger partial charge in [-0.25, -0.2) is 10.3 Å². The van der Waals surface area contributed by atoms with E-state index in [9.17, 15) is 9.59 Å². The predicted octanol–water partition coefficient (Wildman–Crippen LogP) is -0.569. The van der Waals surface area contributed by atoms with Gasteiger partial charge in [0.15, 0.2) is 0 Å². The summed E-state index contributed by atoms with van der Waals surface area (Å²) in [5, 5.41) is 11.5. The summed E-state index contributed by atoms with van der Waals surface area (Å²) in [6.45, 7) is 0. The van der Waals surface area contributed by atoms with Crippen LogP contribution in [0.3, 0.4) is 0 Å². The third kappa shape index (κ3) is 1.16. The maximum Gasteiger partial charge on any atom is 0.328 e. The molecule has 0 atom stereocenters. The highest BCUT2D eigenvalue weighted by Gasteiger charge is 2.05. The molecule has 0 radical (unpaired) electrons. The average molecular weight is 156 g/mol. The highest BCUT2D eigenvalue weighted by molar-refractivity contribution is 5.41. The summed E-state index contributed by atoms with van der Waals surface area (Å²) in [4.78, 5) is 24.7. The Balaban J connectivity index is 3.62. The van der Waals surface area contributed by atoms with Gasteiger partial charge in [-0.05, 0) is 0 Å². The Hall–Kier alpha value is -1.92. The largest absolute Gasteiger partial charge is 0.493 e. The molecule has 0 bridgehead atoms. The SMILES string of the molecule is N=Nc1c(O)[nH]c(=O)[nH]c1=O. The van der Waals surface area contributed by atoms with Crippen LogP contribution in [0.25, 0.3) is 0 Å². The van der Waals surface area contributed by atoms with Gasteiger partial charge in [0.05, 0.1) is 0 Å². The molecule has 0 aliphatic carbocycles. The summed E-state index contributed by atoms with van der Waals surface area (Å²) in [7, 11) is 0. The lowest BCUT2D eigenvalue weighted by atomic mass is 10.5. The van der Waals surface area contributed by atoms with Crippen LogP contribution < -0.4 is 11.2 Å². The molecule has 58 valence electrons. The molecule has 0 saturated carbocycles. The highest BCUT2D eigenvalue weighted by atomic mass is 16.3. The van der Waals surface area contributed by atoms with Crippen LogP contribution in [-0.4, -0.2) is 15.1 Å². The standard InChI is InChI=1S/C4H4N4O3/c5-8-1-2(9)6-4(11)7-3(1)10/h5H,(H3,6,7,9,10,11). The van der Waals surface area contributed by atoms with Crippen molar-refractivity contribution in [3.8, 4) is 5.88 Å². The van der Waals surface area contributed by atoms with Crippen molar-refractivity contribution in [2.45, 2.75) is 0 Å². The minimum atomic E-state index is -0.888. The van der Waals surface area contributed by atoms with Gasteiger partial charge >= 0.3 is 5.69 Å². The van der Waals surface area contributed by atoms with E-state index in [2.05, 4.69) is 5.11 Å². The number of aromatic nitrogens is 2. The normalized spacial score (nSPS) is 9.45. The Labute approximate surface area is 59.2 Å². The molecule has 4 N–H and O–H groups in total. The van der Waals surface area contributed by atoms with Crippen LogP contribution >= 0.6 is 0 Å². The minimum Gasteiger partial charge on any atom is -0.493 e. The third-order valence-electron chi connectivity index (χ3n) is 1.01. The lowest BCUT2D eigenvalue weighted by molar-refractivity contribution is 0.449. The van der Waals surface area contributed by atoms with Crippen LogP contribution in [0.1, 0.15) is 0 Å². The number of H-pyrrole nitrogens is 2. The summed E-state index contributed by atoms with van der Waals surface area (Å²) in [5.41, 5.74) is 4.19. The molecule has 0 spiro atoms. The monoisotopic (exact) mass is 156 g/mol. The van der Waals surface area contributed by atoms with Crippen molar-refractivity contribution in [3.05, 3.63) is 20.8 Å². The van der Waals surface area contributed by atoms with Crippen molar-refractivity contribution in [2.24, 2.45) is 5.11 Å². The molecule has 1 heterocycles. The fourth-order valence-corrected chi connectivity index (χ4v) is 0.572. The van der Waals surface area contributed by atoms with Crippen LogP contribution in [0.5, 0.6) is 5.88 Å². The lowest BCUT2D eigenvalue weighted by Gasteiger charge is -1.91. The van der Waals surface area contributed by atoms with Gasteiger partial charge in [0.1, 0.15) is 0 Å². The minimum absolute atomic E-state index is 0.510. The second-order valence-corrected chi connectivity index (χ2v) is 1.72. The van der Waals surface area contributed by atoms with Crippen molar-refractivity contribution in [1.29, 1.82) is 5.53 Å². The lowest BCUT2D eigenvalue weighted by Crippen LogP contribution is -2.20. The van der Waals surface area contributed by atoms with Gasteiger partial charge in [0, 0.05) is 0 Å². The molecule has 7 nitrogen and oxygen atoms in total. The Morgan fingerprint density at radius 2 is 2.00 bits per heavy atom. The van der Waals surface area contributed by atoms with E-state index in [1.807, 2.05) is 4.98 Å². The van der Waals surface area contributed by atoms with Crippen molar-refractivity contribution in [1.82, 2.24) is 9.97 Å². The zero-order chi connectivity index (χ0) is 8.43. The molecule has 1 rings (SSSR count). The topological polar surface area (TPSA) is 122 Å². The number of aromatic amines is 2. The van der Waals surface area contributed by atoms with Crippen molar-refractivity contribution < 1.29 is 5.11 Å². The maximum absolute atomic E-state index is 10.6. The molecular formula is C4H4N4O3. The van der Waals surface area contributed by atoms with Crippen LogP contribution in [0.2, 0.25) is 0 Å². The molecule has 1 aromatic rings. The van der Waals surface area contributed by atoms with Gasteiger partial charge in [0.25, 0.3) is 5.56 Å². The quantitative estimate of drug-likeness (QED) is 0.407. The summed E-state index contributed by atoms with van der Waals surface area (Å²) in [6.07, 6.45) is 0. The molecule has 11 heavy (non-hydrogen) atoms. The van der Waals surface area contributed by atoms with Gasteiger partial charge in [-0.15, -0.1) is 5.11 Å². The first-order valence-electron chi connectivity index (χ1n) is 2.58. The van der Waals surface area contributed by atoms with Gasteiger partial charge in [-0.2, -0.15) is 0 Å². The van der Waals surface area contributed by atoms with Gasteiger partial charge in [-0.1, -0.05) is 0 Å². The first-order chi connectivity index (χ1) is 5.15. The molecule has 0 fully saturated rings. The van der Waals surface area contributed by atoms with Crippen molar-refractivity contribution in [3.63, 3.8) is 0 Å². The number of hydrogen-bond acceptors (Lipinski definition) is 5. The molecule has 7 heteroatoms. The van der Waals surface area contributed by atoms with E-state index in [0.717, 1.165) is 0 Å². The van der Waals surface area contributed by atoms with E-state index >= 15 is 0 Å². The Morgan fingerprint density at radius 1 is 1.36 bits per heavy atom. The Morgan fingerprint density at radius 3 is 2.45 bits per heavy atom. The molecule has 0 saturated heterocycles. The number of nitrogens with zero attached hydrogens (tertiary/aromatic N) is 1. The van der Waals surface area contributed by atoms with Crippen LogP contribution in [0, 0.1) is 5.53 Å². The zero-order valence-electron chi connectivity index (χ0n) is 5.21. The summed E-state index contributed by atoms with van der Waals surface area (Å²) >= 11 is 0. The second kappa shape index (κ2) is 2.37. The second-order valence-electron chi connectivity index (χ2n) is 1.72. The van der Waals surface area contributed by atoms with Gasteiger partial charge in [-0.3, -0.25) is 14.8 Å². The van der Waals surface area contributed by atoms with E-state index in [-0.39, 0.29) is 0 Å². The zero-order valence-corrected chi connectivity index (χ0v) is 5.21. The number of hydrogen-bond donors (Lipinski definition) is 4. The summed E-state index contributed by atoms with van der Waals surface area (Å²) < 4.78 is 0. The van der Waals surface area contributed by atoms with Gasteiger partial charge < -0.3 is 5.11 Å². The first-order valence-corrected chi connectivity index (χ1v) is 2.58. The van der Waals surface area contributed by atoms with Crippen LogP contribution in [0.15, 0.2) is 14.7 Å². The molecular weight excluding hydrogens is 152 g/mol. The highest BCUT2D eigenvalue weighted by Crippen LogP contribution is 2.13. The number of nitrogens with one attached hydrogen (secondary N) is 3. The Bertz CT molecular complexity index is 389. The predicted molar refractivity (Wildman–Crippen MR) is 34.2 cm³/mol. The van der Waals surface area contributed by atoms with Crippen LogP contribution in [0.4, 0.5) is 5.69 Å². The summed E-state index contributed by atoms with van der Waals surface area (Å²) in [6, 6.07) is 0.